The number of para-hydroxylation sites is 2. The Labute approximate surface area is 151 Å². The van der Waals surface area contributed by atoms with Crippen molar-refractivity contribution in [2.24, 2.45) is 0 Å². The van der Waals surface area contributed by atoms with Crippen LogP contribution in [0.4, 0.5) is 5.69 Å². The summed E-state index contributed by atoms with van der Waals surface area (Å²) in [6.07, 6.45) is 3.50. The van der Waals surface area contributed by atoms with Gasteiger partial charge in [-0.1, -0.05) is 30.3 Å². The number of carbonyl (C=O) groups is 1. The lowest BCUT2D eigenvalue weighted by Crippen LogP contribution is -2.38. The fraction of sp³-hybridized carbons (Fsp3) is 0.273. The second-order valence-electron chi connectivity index (χ2n) is 7.50. The quantitative estimate of drug-likeness (QED) is 0.675. The van der Waals surface area contributed by atoms with E-state index in [1.54, 1.807) is 11.1 Å². The molecule has 0 fully saturated rings. The van der Waals surface area contributed by atoms with Crippen LogP contribution < -0.4 is 10.3 Å². The van der Waals surface area contributed by atoms with Crippen LogP contribution in [-0.2, 0) is 12.8 Å². The van der Waals surface area contributed by atoms with Crippen molar-refractivity contribution in [1.82, 2.24) is 4.57 Å². The third kappa shape index (κ3) is 1.96. The second kappa shape index (κ2) is 5.31. The van der Waals surface area contributed by atoms with E-state index in [1.165, 1.54) is 5.56 Å². The molecule has 1 aromatic heterocycles. The van der Waals surface area contributed by atoms with Crippen LogP contribution in [0, 0.1) is 0 Å². The van der Waals surface area contributed by atoms with E-state index in [2.05, 4.69) is 23.6 Å². The maximum absolute atomic E-state index is 13.4. The maximum atomic E-state index is 13.4. The standard InChI is InChI=1S/C22H20N2O2/c1-13-10-16-7-5-8-17-20(16)23(13)12-18(21(17)25)22(26)24-14(2)11-15-6-3-4-9-19(15)24/h3-9,12-14H,10-11H2,1-2H3/t13-,14-/m0/s1. The molecule has 0 spiro atoms. The lowest BCUT2D eigenvalue weighted by molar-refractivity contribution is 0.0980. The molecule has 4 nitrogen and oxygen atoms in total. The Balaban J connectivity index is 1.71. The lowest BCUT2D eigenvalue weighted by atomic mass is 10.1. The molecule has 0 aliphatic carbocycles. The van der Waals surface area contributed by atoms with E-state index >= 15 is 0 Å². The van der Waals surface area contributed by atoms with Crippen LogP contribution in [0.25, 0.3) is 10.9 Å². The molecule has 0 saturated heterocycles. The summed E-state index contributed by atoms with van der Waals surface area (Å²) in [4.78, 5) is 28.3. The normalized spacial score (nSPS) is 20.6. The van der Waals surface area contributed by atoms with Crippen molar-refractivity contribution in [3.8, 4) is 0 Å². The van der Waals surface area contributed by atoms with Crippen LogP contribution in [0.5, 0.6) is 0 Å². The van der Waals surface area contributed by atoms with Gasteiger partial charge in [0.15, 0.2) is 0 Å². The van der Waals surface area contributed by atoms with Gasteiger partial charge in [-0.05, 0) is 49.9 Å². The average molecular weight is 344 g/mol. The van der Waals surface area contributed by atoms with E-state index in [9.17, 15) is 9.59 Å². The summed E-state index contributed by atoms with van der Waals surface area (Å²) in [6.45, 7) is 4.17. The first-order chi connectivity index (χ1) is 12.6. The van der Waals surface area contributed by atoms with Crippen molar-refractivity contribution in [1.29, 1.82) is 0 Å². The van der Waals surface area contributed by atoms with Gasteiger partial charge in [0, 0.05) is 29.4 Å². The first kappa shape index (κ1) is 15.4. The smallest absolute Gasteiger partial charge is 0.264 e. The summed E-state index contributed by atoms with van der Waals surface area (Å²) < 4.78 is 2.10. The van der Waals surface area contributed by atoms with Gasteiger partial charge in [0.05, 0.1) is 5.52 Å². The number of aromatic nitrogens is 1. The highest BCUT2D eigenvalue weighted by molar-refractivity contribution is 6.09. The van der Waals surface area contributed by atoms with Crippen LogP contribution >= 0.6 is 0 Å². The minimum Gasteiger partial charge on any atom is -0.343 e. The van der Waals surface area contributed by atoms with Crippen LogP contribution in [0.3, 0.4) is 0 Å². The minimum absolute atomic E-state index is 0.0531. The molecule has 2 aliphatic heterocycles. The number of rotatable bonds is 1. The molecule has 130 valence electrons. The molecule has 5 rings (SSSR count). The largest absolute Gasteiger partial charge is 0.343 e. The van der Waals surface area contributed by atoms with Gasteiger partial charge in [-0.25, -0.2) is 0 Å². The number of pyridine rings is 1. The van der Waals surface area contributed by atoms with Gasteiger partial charge < -0.3 is 9.47 Å². The molecule has 0 N–H and O–H groups in total. The summed E-state index contributed by atoms with van der Waals surface area (Å²) in [5, 5.41) is 0.651. The molecule has 0 radical (unpaired) electrons. The topological polar surface area (TPSA) is 42.3 Å². The van der Waals surface area contributed by atoms with Crippen molar-refractivity contribution in [2.45, 2.75) is 38.8 Å². The number of carbonyl (C=O) groups excluding carboxylic acids is 1. The monoisotopic (exact) mass is 344 g/mol. The number of hydrogen-bond donors (Lipinski definition) is 0. The molecule has 0 saturated carbocycles. The Morgan fingerprint density at radius 1 is 0.962 bits per heavy atom. The Hall–Kier alpha value is -2.88. The number of nitrogens with zero attached hydrogens (tertiary/aromatic N) is 2. The maximum Gasteiger partial charge on any atom is 0.264 e. The summed E-state index contributed by atoms with van der Waals surface area (Å²) in [7, 11) is 0. The Kier molecular flexibility index (Phi) is 3.14. The van der Waals surface area contributed by atoms with Gasteiger partial charge >= 0.3 is 0 Å². The molecule has 0 bridgehead atoms. The fourth-order valence-electron chi connectivity index (χ4n) is 4.57. The van der Waals surface area contributed by atoms with Crippen molar-refractivity contribution in [3.63, 3.8) is 0 Å². The Morgan fingerprint density at radius 2 is 1.69 bits per heavy atom. The van der Waals surface area contributed by atoms with Crippen molar-refractivity contribution in [2.75, 3.05) is 4.90 Å². The number of fused-ring (bicyclic) bond motifs is 1. The number of amides is 1. The average Bonchev–Trinajstić information content (AvgIpc) is 3.14. The van der Waals surface area contributed by atoms with Crippen LogP contribution in [-0.4, -0.2) is 16.5 Å². The number of anilines is 1. The first-order valence-corrected chi connectivity index (χ1v) is 9.14. The highest BCUT2D eigenvalue weighted by atomic mass is 16.2. The molecular formula is C22H20N2O2. The van der Waals surface area contributed by atoms with Gasteiger partial charge in [-0.15, -0.1) is 0 Å². The summed E-state index contributed by atoms with van der Waals surface area (Å²) in [6, 6.07) is 14.1. The Morgan fingerprint density at radius 3 is 2.54 bits per heavy atom. The van der Waals surface area contributed by atoms with Crippen molar-refractivity contribution in [3.05, 3.63) is 75.6 Å². The van der Waals surface area contributed by atoms with E-state index in [1.807, 2.05) is 37.3 Å². The van der Waals surface area contributed by atoms with E-state index in [0.29, 0.717) is 5.39 Å². The van der Waals surface area contributed by atoms with Crippen LogP contribution in [0.1, 0.15) is 41.4 Å². The van der Waals surface area contributed by atoms with E-state index in [-0.39, 0.29) is 29.0 Å². The second-order valence-corrected chi connectivity index (χ2v) is 7.50. The van der Waals surface area contributed by atoms with E-state index in [4.69, 9.17) is 0 Å². The molecule has 1 amide bonds. The molecule has 3 heterocycles. The molecule has 2 aliphatic rings. The molecule has 0 unspecified atom stereocenters. The van der Waals surface area contributed by atoms with Crippen LogP contribution in [0.15, 0.2) is 53.5 Å². The minimum atomic E-state index is -0.192. The van der Waals surface area contributed by atoms with E-state index in [0.717, 1.165) is 29.6 Å². The molecular weight excluding hydrogens is 324 g/mol. The molecule has 3 aromatic rings. The third-order valence-electron chi connectivity index (χ3n) is 5.78. The first-order valence-electron chi connectivity index (χ1n) is 9.14. The number of benzene rings is 2. The predicted octanol–water partition coefficient (Wildman–Crippen LogP) is 3.71. The van der Waals surface area contributed by atoms with Gasteiger partial charge in [0.25, 0.3) is 5.91 Å². The van der Waals surface area contributed by atoms with Gasteiger partial charge in [-0.2, -0.15) is 0 Å². The van der Waals surface area contributed by atoms with Crippen LogP contribution in [0.2, 0.25) is 0 Å². The van der Waals surface area contributed by atoms with Gasteiger partial charge in [0.1, 0.15) is 5.56 Å². The summed E-state index contributed by atoms with van der Waals surface area (Å²) >= 11 is 0. The van der Waals surface area contributed by atoms with Crippen molar-refractivity contribution < 1.29 is 4.79 Å². The zero-order valence-electron chi connectivity index (χ0n) is 14.9. The summed E-state index contributed by atoms with van der Waals surface area (Å²) in [5.41, 5.74) is 4.37. The summed E-state index contributed by atoms with van der Waals surface area (Å²) in [5.74, 6) is -0.192. The third-order valence-corrected chi connectivity index (χ3v) is 5.78. The molecule has 2 aromatic carbocycles. The molecule has 2 atom stereocenters. The van der Waals surface area contributed by atoms with Crippen molar-refractivity contribution >= 4 is 22.5 Å². The highest BCUT2D eigenvalue weighted by Gasteiger charge is 2.33. The highest BCUT2D eigenvalue weighted by Crippen LogP contribution is 2.34. The zero-order valence-corrected chi connectivity index (χ0v) is 14.9. The predicted molar refractivity (Wildman–Crippen MR) is 103 cm³/mol. The molecule has 26 heavy (non-hydrogen) atoms. The van der Waals surface area contributed by atoms with Gasteiger partial charge in [-0.3, -0.25) is 9.59 Å². The van der Waals surface area contributed by atoms with Gasteiger partial charge in [0.2, 0.25) is 5.43 Å². The fourth-order valence-corrected chi connectivity index (χ4v) is 4.57. The number of hydrogen-bond acceptors (Lipinski definition) is 2. The zero-order chi connectivity index (χ0) is 18.0. The Bertz CT molecular complexity index is 1130. The molecule has 4 heteroatoms. The van der Waals surface area contributed by atoms with E-state index < -0.39 is 0 Å². The lowest BCUT2D eigenvalue weighted by Gasteiger charge is -2.23. The SMILES string of the molecule is C[C@H]1Cc2ccccc2N1C(=O)c1cn2c3c(cccc3c1=O)C[C@@H]2C.